The molecule has 0 aromatic carbocycles. The molecule has 4 heteroatoms. The van der Waals surface area contributed by atoms with Gasteiger partial charge in [-0.3, -0.25) is 0 Å². The van der Waals surface area contributed by atoms with E-state index in [1.165, 1.54) is 12.8 Å². The second-order valence-electron chi connectivity index (χ2n) is 6.50. The van der Waals surface area contributed by atoms with Crippen LogP contribution in [0.25, 0.3) is 0 Å². The van der Waals surface area contributed by atoms with Crippen molar-refractivity contribution in [3.8, 4) is 0 Å². The molecule has 0 aliphatic carbocycles. The molecule has 112 valence electrons. The van der Waals surface area contributed by atoms with E-state index in [9.17, 15) is 4.79 Å². The zero-order valence-corrected chi connectivity index (χ0v) is 13.2. The summed E-state index contributed by atoms with van der Waals surface area (Å²) in [6.07, 6.45) is 3.27. The molecular weight excluding hydrogens is 240 g/mol. The van der Waals surface area contributed by atoms with Crippen molar-refractivity contribution < 1.29 is 9.53 Å². The fourth-order valence-electron chi connectivity index (χ4n) is 2.33. The van der Waals surface area contributed by atoms with Crippen molar-refractivity contribution in [3.63, 3.8) is 0 Å². The topological polar surface area (TPSA) is 41.6 Å². The molecule has 1 aliphatic heterocycles. The van der Waals surface area contributed by atoms with Crippen molar-refractivity contribution in [2.24, 2.45) is 5.92 Å². The molecule has 0 bridgehead atoms. The molecule has 1 rings (SSSR count). The van der Waals surface area contributed by atoms with Crippen LogP contribution in [0.3, 0.4) is 0 Å². The van der Waals surface area contributed by atoms with Crippen LogP contribution in [0.4, 0.5) is 4.79 Å². The van der Waals surface area contributed by atoms with Crippen LogP contribution in [0.2, 0.25) is 0 Å². The number of hydrogen-bond donors (Lipinski definition) is 1. The average Bonchev–Trinajstić information content (AvgIpc) is 2.77. The molecule has 1 aliphatic rings. The van der Waals surface area contributed by atoms with E-state index in [1.54, 1.807) is 0 Å². The zero-order valence-electron chi connectivity index (χ0n) is 13.2. The monoisotopic (exact) mass is 270 g/mol. The Morgan fingerprint density at radius 3 is 2.53 bits per heavy atom. The molecule has 0 spiro atoms. The van der Waals surface area contributed by atoms with E-state index in [4.69, 9.17) is 4.74 Å². The Morgan fingerprint density at radius 1 is 1.37 bits per heavy atom. The molecular formula is C15H30N2O2. The number of ether oxygens (including phenoxy) is 1. The second-order valence-corrected chi connectivity index (χ2v) is 6.50. The van der Waals surface area contributed by atoms with E-state index in [0.29, 0.717) is 6.04 Å². The minimum atomic E-state index is -0.405. The third kappa shape index (κ3) is 5.81. The predicted octanol–water partition coefficient (Wildman–Crippen LogP) is 3.02. The van der Waals surface area contributed by atoms with Crippen LogP contribution in [0.5, 0.6) is 0 Å². The first-order valence-electron chi connectivity index (χ1n) is 7.57. The molecule has 1 amide bonds. The van der Waals surface area contributed by atoms with Crippen LogP contribution in [0.15, 0.2) is 0 Å². The summed E-state index contributed by atoms with van der Waals surface area (Å²) in [6.45, 7) is 12.8. The van der Waals surface area contributed by atoms with Gasteiger partial charge < -0.3 is 15.0 Å². The largest absolute Gasteiger partial charge is 0.444 e. The Kier molecular flexibility index (Phi) is 6.11. The van der Waals surface area contributed by atoms with Crippen molar-refractivity contribution in [1.82, 2.24) is 10.2 Å². The van der Waals surface area contributed by atoms with Gasteiger partial charge in [0.2, 0.25) is 0 Å². The van der Waals surface area contributed by atoms with E-state index in [2.05, 4.69) is 19.2 Å². The van der Waals surface area contributed by atoms with Gasteiger partial charge in [0.1, 0.15) is 5.60 Å². The molecule has 1 heterocycles. The molecule has 0 aromatic heterocycles. The van der Waals surface area contributed by atoms with Gasteiger partial charge >= 0.3 is 6.09 Å². The van der Waals surface area contributed by atoms with Gasteiger partial charge in [0.25, 0.3) is 0 Å². The van der Waals surface area contributed by atoms with Gasteiger partial charge in [0, 0.05) is 19.1 Å². The fourth-order valence-corrected chi connectivity index (χ4v) is 2.33. The number of rotatable bonds is 5. The van der Waals surface area contributed by atoms with Gasteiger partial charge in [-0.05, 0) is 39.7 Å². The standard InChI is InChI=1S/C15H30N2O2/c1-6-12(7-2)10-16-13-8-9-17(11-13)14(18)19-15(3,4)5/h12-13,16H,6-11H2,1-5H3. The molecule has 1 unspecified atom stereocenters. The minimum Gasteiger partial charge on any atom is -0.444 e. The number of nitrogens with one attached hydrogen (secondary N) is 1. The molecule has 0 saturated carbocycles. The summed E-state index contributed by atoms with van der Waals surface area (Å²) in [5.41, 5.74) is -0.405. The van der Waals surface area contributed by atoms with E-state index in [1.807, 2.05) is 25.7 Å². The van der Waals surface area contributed by atoms with Gasteiger partial charge in [-0.2, -0.15) is 0 Å². The molecule has 0 aromatic rings. The van der Waals surface area contributed by atoms with Gasteiger partial charge in [0.15, 0.2) is 0 Å². The van der Waals surface area contributed by atoms with E-state index < -0.39 is 5.60 Å². The maximum Gasteiger partial charge on any atom is 0.410 e. The Balaban J connectivity index is 2.31. The van der Waals surface area contributed by atoms with Crippen molar-refractivity contribution >= 4 is 6.09 Å². The van der Waals surface area contributed by atoms with Crippen LogP contribution >= 0.6 is 0 Å². The summed E-state index contributed by atoms with van der Waals surface area (Å²) < 4.78 is 5.40. The SMILES string of the molecule is CCC(CC)CNC1CCN(C(=O)OC(C)(C)C)C1. The lowest BCUT2D eigenvalue weighted by Gasteiger charge is -2.24. The molecule has 1 fully saturated rings. The summed E-state index contributed by atoms with van der Waals surface area (Å²) >= 11 is 0. The quantitative estimate of drug-likeness (QED) is 0.835. The molecule has 0 radical (unpaired) electrons. The minimum absolute atomic E-state index is 0.181. The lowest BCUT2D eigenvalue weighted by molar-refractivity contribution is 0.0291. The van der Waals surface area contributed by atoms with E-state index in [0.717, 1.165) is 32.0 Å². The third-order valence-corrected chi connectivity index (χ3v) is 3.69. The van der Waals surface area contributed by atoms with Crippen LogP contribution in [-0.4, -0.2) is 42.3 Å². The van der Waals surface area contributed by atoms with Crippen LogP contribution in [0, 0.1) is 5.92 Å². The normalized spacial score (nSPS) is 20.1. The first kappa shape index (κ1) is 16.3. The maximum atomic E-state index is 11.9. The van der Waals surface area contributed by atoms with E-state index >= 15 is 0 Å². The van der Waals surface area contributed by atoms with Crippen LogP contribution in [0.1, 0.15) is 53.9 Å². The van der Waals surface area contributed by atoms with Crippen LogP contribution < -0.4 is 5.32 Å². The van der Waals surface area contributed by atoms with Gasteiger partial charge in [-0.15, -0.1) is 0 Å². The molecule has 4 nitrogen and oxygen atoms in total. The number of carbonyl (C=O) groups is 1. The van der Waals surface area contributed by atoms with Crippen molar-refractivity contribution in [2.75, 3.05) is 19.6 Å². The molecule has 1 N–H and O–H groups in total. The van der Waals surface area contributed by atoms with Gasteiger partial charge in [-0.25, -0.2) is 4.79 Å². The highest BCUT2D eigenvalue weighted by Crippen LogP contribution is 2.16. The van der Waals surface area contributed by atoms with Crippen molar-refractivity contribution in [2.45, 2.75) is 65.5 Å². The molecule has 1 atom stereocenters. The number of hydrogen-bond acceptors (Lipinski definition) is 3. The Hall–Kier alpha value is -0.770. The Labute approximate surface area is 117 Å². The Morgan fingerprint density at radius 2 is 2.00 bits per heavy atom. The van der Waals surface area contributed by atoms with Crippen molar-refractivity contribution in [1.29, 1.82) is 0 Å². The summed E-state index contributed by atoms with van der Waals surface area (Å²) in [5, 5.41) is 3.58. The fraction of sp³-hybridized carbons (Fsp3) is 0.933. The smallest absolute Gasteiger partial charge is 0.410 e. The van der Waals surface area contributed by atoms with Crippen LogP contribution in [-0.2, 0) is 4.74 Å². The third-order valence-electron chi connectivity index (χ3n) is 3.69. The summed E-state index contributed by atoms with van der Waals surface area (Å²) in [6, 6.07) is 0.424. The second kappa shape index (κ2) is 7.13. The van der Waals surface area contributed by atoms with Crippen molar-refractivity contribution in [3.05, 3.63) is 0 Å². The number of likely N-dealkylation sites (tertiary alicyclic amines) is 1. The highest BCUT2D eigenvalue weighted by atomic mass is 16.6. The first-order chi connectivity index (χ1) is 8.85. The lowest BCUT2D eigenvalue weighted by atomic mass is 10.0. The number of amides is 1. The number of carbonyl (C=O) groups excluding carboxylic acids is 1. The summed E-state index contributed by atoms with van der Waals surface area (Å²) in [5.74, 6) is 0.746. The zero-order chi connectivity index (χ0) is 14.5. The average molecular weight is 270 g/mol. The maximum absolute atomic E-state index is 11.9. The highest BCUT2D eigenvalue weighted by molar-refractivity contribution is 5.68. The summed E-state index contributed by atoms with van der Waals surface area (Å²) in [4.78, 5) is 13.7. The highest BCUT2D eigenvalue weighted by Gasteiger charge is 2.29. The predicted molar refractivity (Wildman–Crippen MR) is 78.3 cm³/mol. The Bertz CT molecular complexity index is 282. The van der Waals surface area contributed by atoms with Gasteiger partial charge in [-0.1, -0.05) is 26.7 Å². The molecule has 19 heavy (non-hydrogen) atoms. The number of nitrogens with zero attached hydrogens (tertiary/aromatic N) is 1. The first-order valence-corrected chi connectivity index (χ1v) is 7.57. The van der Waals surface area contributed by atoms with Gasteiger partial charge in [0.05, 0.1) is 0 Å². The molecule has 1 saturated heterocycles. The summed E-state index contributed by atoms with van der Waals surface area (Å²) in [7, 11) is 0. The lowest BCUT2D eigenvalue weighted by Crippen LogP contribution is -2.39. The van der Waals surface area contributed by atoms with E-state index in [-0.39, 0.29) is 6.09 Å².